The maximum atomic E-state index is 6.64. The Labute approximate surface area is 54.8 Å². The molecule has 3 heteroatoms. The van der Waals surface area contributed by atoms with Crippen LogP contribution in [0.4, 0.5) is 0 Å². The lowest BCUT2D eigenvalue weighted by molar-refractivity contribution is 0.927. The maximum Gasteiger partial charge on any atom is 0.0722 e. The fourth-order valence-electron chi connectivity index (χ4n) is 0.320. The smallest absolute Gasteiger partial charge is 0.0722 e. The second kappa shape index (κ2) is 4.71. The number of rotatable bonds is 3. The molecule has 0 aromatic rings. The highest BCUT2D eigenvalue weighted by molar-refractivity contribution is 7.80. The van der Waals surface area contributed by atoms with E-state index in [1.807, 2.05) is 6.92 Å². The van der Waals surface area contributed by atoms with Crippen LogP contribution >= 0.6 is 12.2 Å². The average molecular weight is 130 g/mol. The van der Waals surface area contributed by atoms with Gasteiger partial charge in [0.15, 0.2) is 0 Å². The van der Waals surface area contributed by atoms with Crippen LogP contribution in [0.1, 0.15) is 13.3 Å². The molecule has 0 bridgehead atoms. The summed E-state index contributed by atoms with van der Waals surface area (Å²) in [5, 5.41) is 9.57. The Morgan fingerprint density at radius 2 is 2.50 bits per heavy atom. The molecule has 0 saturated carbocycles. The van der Waals surface area contributed by atoms with Crippen LogP contribution < -0.4 is 5.32 Å². The first kappa shape index (κ1) is 7.56. The molecule has 0 unspecified atom stereocenters. The Morgan fingerprint density at radius 1 is 1.88 bits per heavy atom. The predicted molar refractivity (Wildman–Crippen MR) is 39.7 cm³/mol. The highest BCUT2D eigenvalue weighted by Crippen LogP contribution is 1.69. The highest BCUT2D eigenvalue weighted by Gasteiger charge is 1.81. The summed E-state index contributed by atoms with van der Waals surface area (Å²) in [6.07, 6.45) is 2.12. The Bertz CT molecular complexity index is 90.4. The molecule has 0 aromatic carbocycles. The van der Waals surface area contributed by atoms with Gasteiger partial charge >= 0.3 is 0 Å². The van der Waals surface area contributed by atoms with Crippen LogP contribution in [-0.2, 0) is 0 Å². The van der Waals surface area contributed by atoms with Crippen molar-refractivity contribution in [3.8, 4) is 0 Å². The number of hydrogen-bond donors (Lipinski definition) is 2. The predicted octanol–water partition coefficient (Wildman–Crippen LogP) is 0.963. The average Bonchev–Trinajstić information content (AvgIpc) is 1.66. The summed E-state index contributed by atoms with van der Waals surface area (Å²) in [7, 11) is 0. The van der Waals surface area contributed by atoms with Gasteiger partial charge in [0, 0.05) is 6.54 Å². The molecule has 2 N–H and O–H groups in total. The van der Waals surface area contributed by atoms with E-state index in [9.17, 15) is 0 Å². The van der Waals surface area contributed by atoms with Crippen LogP contribution in [0, 0.1) is 5.41 Å². The summed E-state index contributed by atoms with van der Waals surface area (Å²) in [5.74, 6) is 0. The third kappa shape index (κ3) is 5.56. The zero-order chi connectivity index (χ0) is 6.41. The lowest BCUT2D eigenvalue weighted by Gasteiger charge is -1.97. The topological polar surface area (TPSA) is 35.9 Å². The molecule has 0 aliphatic rings. The molecule has 46 valence electrons. The van der Waals surface area contributed by atoms with Gasteiger partial charge in [0.1, 0.15) is 0 Å². The lowest BCUT2D eigenvalue weighted by Crippen LogP contribution is -2.19. The first-order valence-corrected chi connectivity index (χ1v) is 2.91. The Hall–Kier alpha value is -0.440. The van der Waals surface area contributed by atoms with E-state index in [1.165, 1.54) is 6.21 Å². The van der Waals surface area contributed by atoms with Crippen molar-refractivity contribution in [3.63, 3.8) is 0 Å². The molecular formula is C5H10N2S. The monoisotopic (exact) mass is 130 g/mol. The third-order valence-electron chi connectivity index (χ3n) is 0.663. The molecule has 0 radical (unpaired) electrons. The molecular weight excluding hydrogens is 120 g/mol. The van der Waals surface area contributed by atoms with E-state index in [0.717, 1.165) is 18.0 Å². The van der Waals surface area contributed by atoms with Gasteiger partial charge in [0.25, 0.3) is 0 Å². The summed E-state index contributed by atoms with van der Waals surface area (Å²) >= 11 is 4.72. The summed E-state index contributed by atoms with van der Waals surface area (Å²) < 4.78 is 0. The summed E-state index contributed by atoms with van der Waals surface area (Å²) in [5.41, 5.74) is 0. The minimum absolute atomic E-state index is 0.758. The Balaban J connectivity index is 2.93. The van der Waals surface area contributed by atoms with Crippen LogP contribution in [0.2, 0.25) is 0 Å². The molecule has 0 fully saturated rings. The Morgan fingerprint density at radius 3 is 2.88 bits per heavy atom. The fourth-order valence-corrected chi connectivity index (χ4v) is 0.422. The zero-order valence-corrected chi connectivity index (χ0v) is 5.72. The largest absolute Gasteiger partial charge is 0.380 e. The van der Waals surface area contributed by atoms with E-state index in [0.29, 0.717) is 0 Å². The third-order valence-corrected chi connectivity index (χ3v) is 0.807. The number of thiocarbonyl (C=S) groups is 1. The molecule has 0 heterocycles. The number of hydrogen-bond acceptors (Lipinski definition) is 2. The van der Waals surface area contributed by atoms with E-state index in [2.05, 4.69) is 5.32 Å². The molecule has 2 nitrogen and oxygen atoms in total. The van der Waals surface area contributed by atoms with Crippen molar-refractivity contribution in [1.82, 2.24) is 5.32 Å². The fraction of sp³-hybridized carbons (Fsp3) is 0.600. The normalized spacial score (nSPS) is 8.12. The molecule has 0 aliphatic heterocycles. The van der Waals surface area contributed by atoms with Gasteiger partial charge in [0.05, 0.1) is 4.99 Å². The molecule has 0 atom stereocenters. The van der Waals surface area contributed by atoms with Crippen LogP contribution in [0.15, 0.2) is 0 Å². The molecule has 0 aliphatic carbocycles. The quantitative estimate of drug-likeness (QED) is 0.339. The van der Waals surface area contributed by atoms with Crippen LogP contribution in [0.5, 0.6) is 0 Å². The van der Waals surface area contributed by atoms with Gasteiger partial charge in [-0.1, -0.05) is 12.2 Å². The van der Waals surface area contributed by atoms with Gasteiger partial charge < -0.3 is 10.7 Å². The van der Waals surface area contributed by atoms with Crippen molar-refractivity contribution in [2.24, 2.45) is 0 Å². The van der Waals surface area contributed by atoms with E-state index in [4.69, 9.17) is 17.6 Å². The molecule has 0 saturated heterocycles. The summed E-state index contributed by atoms with van der Waals surface area (Å²) in [4.78, 5) is 0.798. The second-order valence-corrected chi connectivity index (χ2v) is 2.09. The van der Waals surface area contributed by atoms with Gasteiger partial charge in [-0.25, -0.2) is 0 Å². The van der Waals surface area contributed by atoms with Crippen molar-refractivity contribution >= 4 is 23.4 Å². The molecule has 0 rings (SSSR count). The van der Waals surface area contributed by atoms with Gasteiger partial charge in [-0.3, -0.25) is 0 Å². The first-order chi connectivity index (χ1) is 3.77. The van der Waals surface area contributed by atoms with Crippen molar-refractivity contribution in [1.29, 1.82) is 5.41 Å². The van der Waals surface area contributed by atoms with E-state index in [1.54, 1.807) is 0 Å². The van der Waals surface area contributed by atoms with Crippen molar-refractivity contribution in [3.05, 3.63) is 0 Å². The minimum Gasteiger partial charge on any atom is -0.380 e. The van der Waals surface area contributed by atoms with Gasteiger partial charge in [-0.15, -0.1) is 0 Å². The van der Waals surface area contributed by atoms with E-state index >= 15 is 0 Å². The van der Waals surface area contributed by atoms with Crippen molar-refractivity contribution < 1.29 is 0 Å². The zero-order valence-electron chi connectivity index (χ0n) is 4.90. The first-order valence-electron chi connectivity index (χ1n) is 2.50. The maximum absolute atomic E-state index is 6.64. The van der Waals surface area contributed by atoms with E-state index < -0.39 is 0 Å². The Kier molecular flexibility index (Phi) is 4.45. The second-order valence-electron chi connectivity index (χ2n) is 1.48. The van der Waals surface area contributed by atoms with Crippen LogP contribution in [0.25, 0.3) is 0 Å². The van der Waals surface area contributed by atoms with Crippen LogP contribution in [0.3, 0.4) is 0 Å². The molecule has 0 amide bonds. The molecule has 8 heavy (non-hydrogen) atoms. The van der Waals surface area contributed by atoms with Gasteiger partial charge in [-0.05, 0) is 19.6 Å². The number of nitrogens with one attached hydrogen (secondary N) is 2. The standard InChI is InChI=1S/C5H10N2S/c1-5(8)7-4-2-3-6/h3,6H,2,4H2,1H3,(H,7,8). The van der Waals surface area contributed by atoms with Crippen molar-refractivity contribution in [2.45, 2.75) is 13.3 Å². The highest BCUT2D eigenvalue weighted by atomic mass is 32.1. The molecule has 0 spiro atoms. The van der Waals surface area contributed by atoms with Gasteiger partial charge in [0.2, 0.25) is 0 Å². The van der Waals surface area contributed by atoms with Crippen molar-refractivity contribution in [2.75, 3.05) is 6.54 Å². The SMILES string of the molecule is CC(=S)NCCC=N. The van der Waals surface area contributed by atoms with Crippen LogP contribution in [-0.4, -0.2) is 17.7 Å². The minimum atomic E-state index is 0.758. The van der Waals surface area contributed by atoms with Gasteiger partial charge in [-0.2, -0.15) is 0 Å². The lowest BCUT2D eigenvalue weighted by atomic mass is 10.4. The summed E-state index contributed by atoms with van der Waals surface area (Å²) in [6.45, 7) is 2.62. The molecule has 0 aromatic heterocycles. The summed E-state index contributed by atoms with van der Waals surface area (Å²) in [6, 6.07) is 0. The van der Waals surface area contributed by atoms with E-state index in [-0.39, 0.29) is 0 Å².